The number of rotatable bonds is 9. The van der Waals surface area contributed by atoms with Gasteiger partial charge in [-0.15, -0.1) is 0 Å². The van der Waals surface area contributed by atoms with Gasteiger partial charge in [-0.1, -0.05) is 64.6 Å². The Balaban J connectivity index is 0.00000400. The van der Waals surface area contributed by atoms with Crippen LogP contribution in [-0.2, 0) is 29.2 Å². The lowest BCUT2D eigenvalue weighted by atomic mass is 10.1. The van der Waals surface area contributed by atoms with Gasteiger partial charge in [-0.3, -0.25) is 4.79 Å². The average Bonchev–Trinajstić information content (AvgIpc) is 3.26. The standard InChI is InChI=1S/C28H25Cl4N2O3.BrH/c1-18-11-20(3-8-27(18)37-19(2)35)14-33-9-10-34(17-33)15-28(24-7-6-23(30)13-26(24)32)36-16-21-4-5-22(29)12-25(21)31;/h3-13,17,28H,14-16H2,1-2H3;1H/q+1;/p-1. The van der Waals surface area contributed by atoms with Crippen molar-refractivity contribution in [1.29, 1.82) is 0 Å². The molecule has 1 heterocycles. The Hall–Kier alpha value is -2.06. The average molecular weight is 659 g/mol. The van der Waals surface area contributed by atoms with Gasteiger partial charge in [-0.05, 0) is 60.0 Å². The van der Waals surface area contributed by atoms with Crippen molar-refractivity contribution in [2.24, 2.45) is 0 Å². The highest BCUT2D eigenvalue weighted by atomic mass is 79.9. The molecule has 4 rings (SSSR count). The molecule has 0 radical (unpaired) electrons. The Morgan fingerprint density at radius 2 is 1.68 bits per heavy atom. The zero-order valence-electron chi connectivity index (χ0n) is 20.6. The van der Waals surface area contributed by atoms with Gasteiger partial charge in [0.1, 0.15) is 37.3 Å². The predicted octanol–water partition coefficient (Wildman–Crippen LogP) is 4.63. The molecule has 0 aliphatic heterocycles. The van der Waals surface area contributed by atoms with Crippen molar-refractivity contribution < 1.29 is 35.8 Å². The fourth-order valence-corrected chi connectivity index (χ4v) is 4.95. The molecule has 3 aromatic carbocycles. The molecule has 1 atom stereocenters. The van der Waals surface area contributed by atoms with Crippen LogP contribution in [0.2, 0.25) is 20.1 Å². The summed E-state index contributed by atoms with van der Waals surface area (Å²) in [6.45, 7) is 4.77. The minimum atomic E-state index is -0.359. The first kappa shape index (κ1) is 30.5. The van der Waals surface area contributed by atoms with Crippen LogP contribution in [0, 0.1) is 6.92 Å². The molecule has 0 fully saturated rings. The lowest BCUT2D eigenvalue weighted by Gasteiger charge is -2.19. The molecule has 200 valence electrons. The second kappa shape index (κ2) is 13.8. The van der Waals surface area contributed by atoms with E-state index in [4.69, 9.17) is 55.9 Å². The van der Waals surface area contributed by atoms with Crippen molar-refractivity contribution in [1.82, 2.24) is 4.57 Å². The summed E-state index contributed by atoms with van der Waals surface area (Å²) in [6, 6.07) is 16.5. The summed E-state index contributed by atoms with van der Waals surface area (Å²) in [5.74, 6) is 0.234. The normalized spacial score (nSPS) is 11.6. The SMILES string of the molecule is CC(=O)Oc1ccc(C[n+]2ccn(CC(OCc3ccc(Cl)cc3Cl)c3ccc(Cl)cc3Cl)c2)cc1C.[Br-]. The summed E-state index contributed by atoms with van der Waals surface area (Å²) in [7, 11) is 0. The van der Waals surface area contributed by atoms with Crippen molar-refractivity contribution in [2.75, 3.05) is 0 Å². The van der Waals surface area contributed by atoms with E-state index in [2.05, 4.69) is 4.57 Å². The lowest BCUT2D eigenvalue weighted by Crippen LogP contribution is -3.00. The van der Waals surface area contributed by atoms with Gasteiger partial charge >= 0.3 is 5.97 Å². The Bertz CT molecular complexity index is 1430. The number of hydrogen-bond acceptors (Lipinski definition) is 3. The van der Waals surface area contributed by atoms with E-state index in [1.807, 2.05) is 60.5 Å². The summed E-state index contributed by atoms with van der Waals surface area (Å²) in [4.78, 5) is 11.3. The first-order chi connectivity index (χ1) is 17.7. The molecule has 10 heteroatoms. The number of imidazole rings is 1. The summed E-state index contributed by atoms with van der Waals surface area (Å²) in [6.07, 6.45) is 5.62. The van der Waals surface area contributed by atoms with Gasteiger partial charge in [0, 0.05) is 32.6 Å². The quantitative estimate of drug-likeness (QED) is 0.150. The highest BCUT2D eigenvalue weighted by molar-refractivity contribution is 6.35. The first-order valence-electron chi connectivity index (χ1n) is 11.5. The van der Waals surface area contributed by atoms with Crippen LogP contribution < -0.4 is 26.3 Å². The van der Waals surface area contributed by atoms with E-state index < -0.39 is 0 Å². The number of aryl methyl sites for hydroxylation is 1. The van der Waals surface area contributed by atoms with Gasteiger partial charge in [-0.25, -0.2) is 9.13 Å². The molecule has 1 unspecified atom stereocenters. The van der Waals surface area contributed by atoms with Crippen molar-refractivity contribution in [3.63, 3.8) is 0 Å². The third kappa shape index (κ3) is 8.22. The van der Waals surface area contributed by atoms with Crippen molar-refractivity contribution in [3.8, 4) is 5.75 Å². The van der Waals surface area contributed by atoms with Gasteiger partial charge in [0.25, 0.3) is 0 Å². The van der Waals surface area contributed by atoms with Crippen molar-refractivity contribution >= 4 is 52.4 Å². The van der Waals surface area contributed by atoms with Gasteiger partial charge in [0.05, 0.1) is 6.61 Å². The van der Waals surface area contributed by atoms with Crippen molar-refractivity contribution in [2.45, 2.75) is 39.6 Å². The van der Waals surface area contributed by atoms with Crippen LogP contribution in [0.3, 0.4) is 0 Å². The van der Waals surface area contributed by atoms with Gasteiger partial charge in [-0.2, -0.15) is 0 Å². The number of esters is 1. The number of halogens is 5. The van der Waals surface area contributed by atoms with Crippen LogP contribution in [0.1, 0.15) is 35.3 Å². The highest BCUT2D eigenvalue weighted by Crippen LogP contribution is 2.31. The summed E-state index contributed by atoms with van der Waals surface area (Å²) >= 11 is 25.1. The molecule has 0 amide bonds. The summed E-state index contributed by atoms with van der Waals surface area (Å²) < 4.78 is 15.7. The van der Waals surface area contributed by atoms with Crippen LogP contribution >= 0.6 is 46.4 Å². The number of aromatic nitrogens is 2. The molecule has 0 N–H and O–H groups in total. The predicted molar refractivity (Wildman–Crippen MR) is 147 cm³/mol. The van der Waals surface area contributed by atoms with Crippen LogP contribution in [0.5, 0.6) is 5.75 Å². The van der Waals surface area contributed by atoms with Crippen LogP contribution in [0.25, 0.3) is 0 Å². The van der Waals surface area contributed by atoms with E-state index in [-0.39, 0.29) is 35.7 Å². The number of carbonyl (C=O) groups is 1. The van der Waals surface area contributed by atoms with Crippen LogP contribution in [-0.4, -0.2) is 10.5 Å². The molecule has 0 saturated carbocycles. The Morgan fingerprint density at radius 3 is 2.34 bits per heavy atom. The Morgan fingerprint density at radius 1 is 0.974 bits per heavy atom. The zero-order valence-corrected chi connectivity index (χ0v) is 25.2. The highest BCUT2D eigenvalue weighted by Gasteiger charge is 2.21. The summed E-state index contributed by atoms with van der Waals surface area (Å²) in [5.41, 5.74) is 3.64. The molecule has 0 saturated heterocycles. The van der Waals surface area contributed by atoms with E-state index in [0.717, 1.165) is 22.3 Å². The molecule has 0 bridgehead atoms. The van der Waals surface area contributed by atoms with Crippen LogP contribution in [0.4, 0.5) is 0 Å². The van der Waals surface area contributed by atoms with Gasteiger partial charge < -0.3 is 26.5 Å². The van der Waals surface area contributed by atoms with Gasteiger partial charge in [0.2, 0.25) is 6.33 Å². The number of hydrogen-bond donors (Lipinski definition) is 0. The molecule has 1 aromatic heterocycles. The fraction of sp³-hybridized carbons (Fsp3) is 0.214. The Kier molecular flexibility index (Phi) is 11.1. The molecule has 38 heavy (non-hydrogen) atoms. The lowest BCUT2D eigenvalue weighted by molar-refractivity contribution is -0.687. The molecular formula is C28H25BrCl4N2O3. The number of nitrogens with zero attached hydrogens (tertiary/aromatic N) is 2. The van der Waals surface area contributed by atoms with Crippen molar-refractivity contribution in [3.05, 3.63) is 116 Å². The van der Waals surface area contributed by atoms with Crippen LogP contribution in [0.15, 0.2) is 73.3 Å². The third-order valence-corrected chi connectivity index (χ3v) is 6.89. The number of carbonyl (C=O) groups excluding carboxylic acids is 1. The van der Waals surface area contributed by atoms with E-state index >= 15 is 0 Å². The maximum Gasteiger partial charge on any atom is 0.308 e. The van der Waals surface area contributed by atoms with E-state index in [1.165, 1.54) is 6.92 Å². The molecule has 0 spiro atoms. The number of benzene rings is 3. The molecule has 4 aromatic rings. The smallest absolute Gasteiger partial charge is 0.308 e. The molecule has 5 nitrogen and oxygen atoms in total. The largest absolute Gasteiger partial charge is 1.00 e. The Labute approximate surface area is 252 Å². The van der Waals surface area contributed by atoms with Gasteiger partial charge in [0.15, 0.2) is 0 Å². The second-order valence-electron chi connectivity index (χ2n) is 8.68. The second-order valence-corrected chi connectivity index (χ2v) is 10.4. The van der Waals surface area contributed by atoms with E-state index in [1.54, 1.807) is 24.3 Å². The molecular weight excluding hydrogens is 634 g/mol. The minimum absolute atomic E-state index is 0. The van der Waals surface area contributed by atoms with E-state index in [0.29, 0.717) is 38.9 Å². The van der Waals surface area contributed by atoms with E-state index in [9.17, 15) is 4.79 Å². The molecule has 0 aliphatic rings. The molecule has 0 aliphatic carbocycles. The first-order valence-corrected chi connectivity index (χ1v) is 13.0. The maximum absolute atomic E-state index is 11.3. The summed E-state index contributed by atoms with van der Waals surface area (Å²) in [5, 5.41) is 2.20. The zero-order chi connectivity index (χ0) is 26.5. The monoisotopic (exact) mass is 656 g/mol. The fourth-order valence-electron chi connectivity index (χ4n) is 3.95. The topological polar surface area (TPSA) is 44.3 Å². The minimum Gasteiger partial charge on any atom is -1.00 e. The third-order valence-electron chi connectivity index (χ3n) is 5.75. The number of ether oxygens (including phenoxy) is 2. The maximum atomic E-state index is 11.3.